The minimum absolute atomic E-state index is 0.0216. The van der Waals surface area contributed by atoms with Gasteiger partial charge in [-0.05, 0) is 49.6 Å². The fourth-order valence-corrected chi connectivity index (χ4v) is 3.28. The highest BCUT2D eigenvalue weighted by Gasteiger charge is 2.27. The maximum atomic E-state index is 12.5. The molecular formula is C19H25N5O. The molecule has 1 aliphatic heterocycles. The molecule has 1 N–H and O–H groups in total. The van der Waals surface area contributed by atoms with Gasteiger partial charge in [0.2, 0.25) is 0 Å². The number of amides is 2. The Bertz CT molecular complexity index is 706. The maximum Gasteiger partial charge on any atom is 0.321 e. The number of likely N-dealkylation sites (tertiary alicyclic amines) is 1. The Morgan fingerprint density at radius 3 is 2.92 bits per heavy atom. The summed E-state index contributed by atoms with van der Waals surface area (Å²) in [5, 5.41) is 2.99. The first kappa shape index (κ1) is 17.4. The van der Waals surface area contributed by atoms with Crippen molar-refractivity contribution < 1.29 is 4.79 Å². The van der Waals surface area contributed by atoms with Crippen LogP contribution in [0, 0.1) is 12.8 Å². The maximum absolute atomic E-state index is 12.5. The second kappa shape index (κ2) is 8.07. The van der Waals surface area contributed by atoms with Crippen LogP contribution in [0.2, 0.25) is 0 Å². The molecule has 1 aliphatic rings. The van der Waals surface area contributed by atoms with Crippen LogP contribution < -0.4 is 5.32 Å². The van der Waals surface area contributed by atoms with Gasteiger partial charge in [0.1, 0.15) is 0 Å². The van der Waals surface area contributed by atoms with Gasteiger partial charge in [-0.1, -0.05) is 6.07 Å². The number of nitrogens with zero attached hydrogens (tertiary/aromatic N) is 4. The topological polar surface area (TPSA) is 61.4 Å². The van der Waals surface area contributed by atoms with E-state index in [1.165, 1.54) is 5.56 Å². The van der Waals surface area contributed by atoms with Gasteiger partial charge in [0, 0.05) is 56.7 Å². The van der Waals surface area contributed by atoms with Crippen molar-refractivity contribution in [2.75, 3.05) is 32.0 Å². The summed E-state index contributed by atoms with van der Waals surface area (Å²) in [4.78, 5) is 24.9. The Labute approximate surface area is 148 Å². The molecule has 6 nitrogen and oxygen atoms in total. The lowest BCUT2D eigenvalue weighted by Gasteiger charge is -2.22. The van der Waals surface area contributed by atoms with E-state index in [9.17, 15) is 4.79 Å². The second-order valence-corrected chi connectivity index (χ2v) is 6.78. The lowest BCUT2D eigenvalue weighted by molar-refractivity contribution is 0.216. The fourth-order valence-electron chi connectivity index (χ4n) is 3.28. The lowest BCUT2D eigenvalue weighted by Crippen LogP contribution is -2.34. The van der Waals surface area contributed by atoms with Crippen LogP contribution in [-0.2, 0) is 6.54 Å². The second-order valence-electron chi connectivity index (χ2n) is 6.78. The van der Waals surface area contributed by atoms with Gasteiger partial charge in [-0.15, -0.1) is 0 Å². The van der Waals surface area contributed by atoms with Crippen LogP contribution in [0.4, 0.5) is 10.5 Å². The number of hydrogen-bond acceptors (Lipinski definition) is 4. The van der Waals surface area contributed by atoms with Crippen molar-refractivity contribution in [1.82, 2.24) is 19.8 Å². The highest BCUT2D eigenvalue weighted by Crippen LogP contribution is 2.20. The van der Waals surface area contributed by atoms with Gasteiger partial charge in [-0.3, -0.25) is 9.97 Å². The summed E-state index contributed by atoms with van der Waals surface area (Å²) in [5.41, 5.74) is 3.02. The largest absolute Gasteiger partial charge is 0.324 e. The molecule has 0 saturated carbocycles. The van der Waals surface area contributed by atoms with Gasteiger partial charge in [0.25, 0.3) is 0 Å². The predicted octanol–water partition coefficient (Wildman–Crippen LogP) is 2.77. The van der Waals surface area contributed by atoms with Crippen molar-refractivity contribution >= 4 is 11.7 Å². The van der Waals surface area contributed by atoms with E-state index in [1.807, 2.05) is 30.2 Å². The van der Waals surface area contributed by atoms with Crippen molar-refractivity contribution in [2.45, 2.75) is 19.9 Å². The zero-order valence-electron chi connectivity index (χ0n) is 14.9. The molecule has 1 saturated heterocycles. The third-order valence-electron chi connectivity index (χ3n) is 4.58. The molecule has 0 aromatic carbocycles. The average Bonchev–Trinajstić information content (AvgIpc) is 3.06. The zero-order valence-corrected chi connectivity index (χ0v) is 14.9. The van der Waals surface area contributed by atoms with Crippen LogP contribution in [0.15, 0.2) is 43.0 Å². The fraction of sp³-hybridized carbons (Fsp3) is 0.421. The van der Waals surface area contributed by atoms with Crippen LogP contribution >= 0.6 is 0 Å². The third-order valence-corrected chi connectivity index (χ3v) is 4.58. The molecule has 2 aromatic rings. The highest BCUT2D eigenvalue weighted by atomic mass is 16.2. The van der Waals surface area contributed by atoms with E-state index in [2.05, 4.69) is 33.3 Å². The first-order valence-corrected chi connectivity index (χ1v) is 8.66. The smallest absolute Gasteiger partial charge is 0.321 e. The summed E-state index contributed by atoms with van der Waals surface area (Å²) in [6.45, 7) is 5.41. The Hall–Kier alpha value is -2.47. The minimum atomic E-state index is -0.0216. The summed E-state index contributed by atoms with van der Waals surface area (Å²) < 4.78 is 0. The number of aryl methyl sites for hydroxylation is 1. The van der Waals surface area contributed by atoms with E-state index >= 15 is 0 Å². The molecule has 3 heterocycles. The van der Waals surface area contributed by atoms with Crippen molar-refractivity contribution in [3.8, 4) is 0 Å². The van der Waals surface area contributed by atoms with Crippen LogP contribution in [0.1, 0.15) is 17.5 Å². The molecule has 25 heavy (non-hydrogen) atoms. The number of rotatable bonds is 5. The molecule has 0 aliphatic carbocycles. The summed E-state index contributed by atoms with van der Waals surface area (Å²) in [7, 11) is 2.12. The van der Waals surface area contributed by atoms with E-state index in [0.717, 1.165) is 43.9 Å². The molecule has 1 atom stereocenters. The van der Waals surface area contributed by atoms with Crippen LogP contribution in [0.3, 0.4) is 0 Å². The van der Waals surface area contributed by atoms with Gasteiger partial charge in [-0.25, -0.2) is 4.79 Å². The van der Waals surface area contributed by atoms with E-state index < -0.39 is 0 Å². The molecule has 2 aromatic heterocycles. The number of urea groups is 1. The summed E-state index contributed by atoms with van der Waals surface area (Å²) >= 11 is 0. The summed E-state index contributed by atoms with van der Waals surface area (Å²) in [6, 6.07) is 5.87. The standard InChI is InChI=1S/C19H25N5O/c1-15-10-21-8-5-18(15)22-19(25)24-9-6-17(14-24)13-23(2)12-16-4-3-7-20-11-16/h3-5,7-8,10-11,17H,6,9,12-14H2,1-2H3,(H,21,22,25)/t17-/m0/s1. The average molecular weight is 339 g/mol. The molecule has 0 radical (unpaired) electrons. The molecular weight excluding hydrogens is 314 g/mol. The Kier molecular flexibility index (Phi) is 5.60. The van der Waals surface area contributed by atoms with E-state index in [4.69, 9.17) is 0 Å². The Balaban J connectivity index is 1.48. The quantitative estimate of drug-likeness (QED) is 0.910. The number of aromatic nitrogens is 2. The van der Waals surface area contributed by atoms with E-state index in [-0.39, 0.29) is 6.03 Å². The number of carbonyl (C=O) groups is 1. The van der Waals surface area contributed by atoms with Gasteiger partial charge in [0.05, 0.1) is 0 Å². The number of carbonyl (C=O) groups excluding carboxylic acids is 1. The summed E-state index contributed by atoms with van der Waals surface area (Å²) in [6.07, 6.45) is 8.20. The number of hydrogen-bond donors (Lipinski definition) is 1. The van der Waals surface area contributed by atoms with Crippen molar-refractivity contribution in [3.63, 3.8) is 0 Å². The normalized spacial score (nSPS) is 17.1. The predicted molar refractivity (Wildman–Crippen MR) is 98.2 cm³/mol. The Morgan fingerprint density at radius 1 is 1.32 bits per heavy atom. The molecule has 3 rings (SSSR count). The molecule has 6 heteroatoms. The number of nitrogens with one attached hydrogen (secondary N) is 1. The van der Waals surface area contributed by atoms with E-state index in [1.54, 1.807) is 18.6 Å². The Morgan fingerprint density at radius 2 is 2.16 bits per heavy atom. The molecule has 132 valence electrons. The lowest BCUT2D eigenvalue weighted by atomic mass is 10.1. The van der Waals surface area contributed by atoms with Crippen molar-refractivity contribution in [2.24, 2.45) is 5.92 Å². The van der Waals surface area contributed by atoms with Crippen molar-refractivity contribution in [1.29, 1.82) is 0 Å². The SMILES string of the molecule is Cc1cnccc1NC(=O)N1CC[C@@H](CN(C)Cc2cccnc2)C1. The van der Waals surface area contributed by atoms with Crippen LogP contribution in [0.25, 0.3) is 0 Å². The summed E-state index contributed by atoms with van der Waals surface area (Å²) in [5.74, 6) is 0.506. The minimum Gasteiger partial charge on any atom is -0.324 e. The molecule has 2 amide bonds. The first-order chi connectivity index (χ1) is 12.1. The van der Waals surface area contributed by atoms with Crippen LogP contribution in [0.5, 0.6) is 0 Å². The third kappa shape index (κ3) is 4.76. The highest BCUT2D eigenvalue weighted by molar-refractivity contribution is 5.90. The van der Waals surface area contributed by atoms with Gasteiger partial charge < -0.3 is 15.1 Å². The molecule has 1 fully saturated rings. The number of pyridine rings is 2. The monoisotopic (exact) mass is 339 g/mol. The van der Waals surface area contributed by atoms with E-state index in [0.29, 0.717) is 5.92 Å². The van der Waals surface area contributed by atoms with Crippen LogP contribution in [-0.4, -0.2) is 52.5 Å². The van der Waals surface area contributed by atoms with Gasteiger partial charge in [0.15, 0.2) is 0 Å². The first-order valence-electron chi connectivity index (χ1n) is 8.66. The molecule has 0 spiro atoms. The number of anilines is 1. The molecule has 0 unspecified atom stereocenters. The van der Waals surface area contributed by atoms with Gasteiger partial charge >= 0.3 is 6.03 Å². The van der Waals surface area contributed by atoms with Crippen molar-refractivity contribution in [3.05, 3.63) is 54.1 Å². The van der Waals surface area contributed by atoms with Gasteiger partial charge in [-0.2, -0.15) is 0 Å². The molecule has 0 bridgehead atoms. The zero-order chi connectivity index (χ0) is 17.6.